The lowest BCUT2D eigenvalue weighted by Crippen LogP contribution is -2.15. The highest BCUT2D eigenvalue weighted by Crippen LogP contribution is 2.39. The summed E-state index contributed by atoms with van der Waals surface area (Å²) >= 11 is 1.29. The van der Waals surface area contributed by atoms with Gasteiger partial charge in [-0.2, -0.15) is 5.10 Å². The Labute approximate surface area is 131 Å². The molecular weight excluding hydrogens is 302 g/mol. The summed E-state index contributed by atoms with van der Waals surface area (Å²) in [5, 5.41) is 15.4. The van der Waals surface area contributed by atoms with Crippen LogP contribution in [-0.2, 0) is 0 Å². The Morgan fingerprint density at radius 2 is 2.05 bits per heavy atom. The van der Waals surface area contributed by atoms with Crippen LogP contribution in [0.4, 0.5) is 5.69 Å². The summed E-state index contributed by atoms with van der Waals surface area (Å²) in [5.41, 5.74) is 1.53. The van der Waals surface area contributed by atoms with Crippen molar-refractivity contribution in [3.63, 3.8) is 0 Å². The van der Waals surface area contributed by atoms with E-state index in [4.69, 9.17) is 0 Å². The molecule has 0 N–H and O–H groups in total. The third-order valence-electron chi connectivity index (χ3n) is 3.63. The first-order valence-electron chi connectivity index (χ1n) is 7.00. The van der Waals surface area contributed by atoms with E-state index >= 15 is 0 Å². The van der Waals surface area contributed by atoms with Crippen LogP contribution >= 0.6 is 11.8 Å². The zero-order valence-electron chi connectivity index (χ0n) is 12.3. The van der Waals surface area contributed by atoms with Crippen LogP contribution < -0.4 is 0 Å². The molecule has 0 amide bonds. The van der Waals surface area contributed by atoms with Gasteiger partial charge in [-0.05, 0) is 32.8 Å². The minimum atomic E-state index is -0.396. The first kappa shape index (κ1) is 14.8. The van der Waals surface area contributed by atoms with E-state index < -0.39 is 4.92 Å². The molecule has 1 aliphatic rings. The number of aryl methyl sites for hydroxylation is 1. The van der Waals surface area contributed by atoms with Gasteiger partial charge in [-0.3, -0.25) is 14.9 Å². The molecule has 0 radical (unpaired) electrons. The molecule has 7 heteroatoms. The maximum absolute atomic E-state index is 12.2. The van der Waals surface area contributed by atoms with Gasteiger partial charge in [0.15, 0.2) is 0 Å². The first-order valence-corrected chi connectivity index (χ1v) is 7.82. The molecule has 0 saturated heterocycles. The molecule has 1 aliphatic carbocycles. The maximum Gasteiger partial charge on any atom is 0.283 e. The normalized spacial score (nSPS) is 14.1. The molecule has 0 atom stereocenters. The number of carbonyl (C=O) groups excluding carboxylic acids is 1. The van der Waals surface area contributed by atoms with Crippen molar-refractivity contribution >= 4 is 23.4 Å². The van der Waals surface area contributed by atoms with Crippen LogP contribution in [-0.4, -0.2) is 20.6 Å². The van der Waals surface area contributed by atoms with Crippen LogP contribution in [0.1, 0.15) is 29.0 Å². The van der Waals surface area contributed by atoms with E-state index in [-0.39, 0.29) is 17.5 Å². The first-order chi connectivity index (χ1) is 10.5. The molecule has 0 unspecified atom stereocenters. The van der Waals surface area contributed by atoms with Gasteiger partial charge in [-0.1, -0.05) is 23.9 Å². The lowest BCUT2D eigenvalue weighted by Gasteiger charge is -2.04. The highest BCUT2D eigenvalue weighted by Gasteiger charge is 2.33. The summed E-state index contributed by atoms with van der Waals surface area (Å²) in [4.78, 5) is 24.3. The average Bonchev–Trinajstić information content (AvgIpc) is 3.30. The Balaban J connectivity index is 1.96. The summed E-state index contributed by atoms with van der Waals surface area (Å²) in [6.45, 7) is 3.65. The number of hydrogen-bond acceptors (Lipinski definition) is 5. The third-order valence-corrected chi connectivity index (χ3v) is 4.99. The van der Waals surface area contributed by atoms with Gasteiger partial charge < -0.3 is 0 Å². The van der Waals surface area contributed by atoms with Crippen molar-refractivity contribution in [2.75, 3.05) is 0 Å². The summed E-state index contributed by atoms with van der Waals surface area (Å²) in [7, 11) is 0. The van der Waals surface area contributed by atoms with Gasteiger partial charge >= 0.3 is 0 Å². The van der Waals surface area contributed by atoms with E-state index in [9.17, 15) is 14.9 Å². The number of benzene rings is 1. The molecule has 1 heterocycles. The second kappa shape index (κ2) is 5.57. The van der Waals surface area contributed by atoms with Crippen molar-refractivity contribution in [2.24, 2.45) is 5.92 Å². The smallest absolute Gasteiger partial charge is 0.272 e. The molecule has 0 bridgehead atoms. The van der Waals surface area contributed by atoms with E-state index in [0.717, 1.165) is 29.1 Å². The lowest BCUT2D eigenvalue weighted by atomic mass is 10.3. The Kier molecular flexibility index (Phi) is 3.74. The van der Waals surface area contributed by atoms with E-state index in [0.29, 0.717) is 4.90 Å². The zero-order chi connectivity index (χ0) is 15.9. The Morgan fingerprint density at radius 3 is 2.68 bits per heavy atom. The summed E-state index contributed by atoms with van der Waals surface area (Å²) in [6.07, 6.45) is 1.84. The zero-order valence-corrected chi connectivity index (χ0v) is 13.1. The van der Waals surface area contributed by atoms with Crippen molar-refractivity contribution in [1.29, 1.82) is 0 Å². The van der Waals surface area contributed by atoms with Gasteiger partial charge in [0.25, 0.3) is 5.69 Å². The molecule has 114 valence electrons. The van der Waals surface area contributed by atoms with Gasteiger partial charge in [0, 0.05) is 12.0 Å². The molecule has 1 aromatic heterocycles. The van der Waals surface area contributed by atoms with Crippen LogP contribution in [0.3, 0.4) is 0 Å². The molecule has 0 aliphatic heterocycles. The average molecular weight is 317 g/mol. The Bertz CT molecular complexity index is 765. The number of para-hydroxylation sites is 1. The van der Waals surface area contributed by atoms with E-state index in [2.05, 4.69) is 5.10 Å². The van der Waals surface area contributed by atoms with Crippen molar-refractivity contribution < 1.29 is 9.72 Å². The largest absolute Gasteiger partial charge is 0.283 e. The van der Waals surface area contributed by atoms with Crippen LogP contribution in [0.15, 0.2) is 34.1 Å². The molecule has 1 fully saturated rings. The number of nitro groups is 1. The number of nitro benzene ring substituents is 1. The van der Waals surface area contributed by atoms with Crippen molar-refractivity contribution in [2.45, 2.75) is 36.5 Å². The molecule has 1 aromatic carbocycles. The number of hydrogen-bond donors (Lipinski definition) is 0. The fourth-order valence-electron chi connectivity index (χ4n) is 2.30. The second-order valence-electron chi connectivity index (χ2n) is 5.35. The number of carbonyl (C=O) groups is 1. The van der Waals surface area contributed by atoms with Gasteiger partial charge in [0.2, 0.25) is 5.91 Å². The standard InChI is InChI=1S/C15H15N3O3S/c1-9-14(10(2)17(16-9)15(19)11-7-8-11)22-13-6-4-3-5-12(13)18(20)21/h3-6,11H,7-8H2,1-2H3. The Morgan fingerprint density at radius 1 is 1.36 bits per heavy atom. The van der Waals surface area contributed by atoms with E-state index in [1.165, 1.54) is 22.5 Å². The predicted molar refractivity (Wildman–Crippen MR) is 82.3 cm³/mol. The SMILES string of the molecule is Cc1nn(C(=O)C2CC2)c(C)c1Sc1ccccc1[N+](=O)[O-]. The summed E-state index contributed by atoms with van der Waals surface area (Å²) in [6, 6.07) is 6.59. The molecular formula is C15H15N3O3S. The molecule has 0 spiro atoms. The van der Waals surface area contributed by atoms with Gasteiger partial charge in [-0.15, -0.1) is 0 Å². The molecule has 1 saturated carbocycles. The van der Waals surface area contributed by atoms with Crippen LogP contribution in [0.2, 0.25) is 0 Å². The molecule has 22 heavy (non-hydrogen) atoms. The monoisotopic (exact) mass is 317 g/mol. The molecule has 2 aromatic rings. The summed E-state index contributed by atoms with van der Waals surface area (Å²) in [5.74, 6) is 0.108. The van der Waals surface area contributed by atoms with Crippen LogP contribution in [0, 0.1) is 29.9 Å². The van der Waals surface area contributed by atoms with Gasteiger partial charge in [-0.25, -0.2) is 4.68 Å². The topological polar surface area (TPSA) is 78.0 Å². The summed E-state index contributed by atoms with van der Waals surface area (Å²) < 4.78 is 1.45. The van der Waals surface area contributed by atoms with Gasteiger partial charge in [0.05, 0.1) is 26.1 Å². The van der Waals surface area contributed by atoms with E-state index in [1.807, 2.05) is 13.8 Å². The lowest BCUT2D eigenvalue weighted by molar-refractivity contribution is -0.387. The highest BCUT2D eigenvalue weighted by molar-refractivity contribution is 7.99. The quantitative estimate of drug-likeness (QED) is 0.636. The minimum Gasteiger partial charge on any atom is -0.272 e. The maximum atomic E-state index is 12.2. The van der Waals surface area contributed by atoms with Crippen molar-refractivity contribution in [1.82, 2.24) is 9.78 Å². The van der Waals surface area contributed by atoms with Crippen LogP contribution in [0.5, 0.6) is 0 Å². The van der Waals surface area contributed by atoms with Crippen LogP contribution in [0.25, 0.3) is 0 Å². The third kappa shape index (κ3) is 2.64. The Hall–Kier alpha value is -2.15. The van der Waals surface area contributed by atoms with E-state index in [1.54, 1.807) is 18.2 Å². The fourth-order valence-corrected chi connectivity index (χ4v) is 3.33. The second-order valence-corrected chi connectivity index (χ2v) is 6.40. The van der Waals surface area contributed by atoms with Crippen molar-refractivity contribution in [3.8, 4) is 0 Å². The predicted octanol–water partition coefficient (Wildman–Crippen LogP) is 3.61. The molecule has 6 nitrogen and oxygen atoms in total. The van der Waals surface area contributed by atoms with Gasteiger partial charge in [0.1, 0.15) is 0 Å². The number of rotatable bonds is 4. The molecule has 3 rings (SSSR count). The minimum absolute atomic E-state index is 0.0232. The van der Waals surface area contributed by atoms with Crippen molar-refractivity contribution in [3.05, 3.63) is 45.8 Å². The highest BCUT2D eigenvalue weighted by atomic mass is 32.2. The number of aromatic nitrogens is 2. The number of nitrogens with zero attached hydrogens (tertiary/aromatic N) is 3. The fraction of sp³-hybridized carbons (Fsp3) is 0.333.